The maximum atomic E-state index is 8.67. The number of nitrogens with two attached hydrogens (primary N) is 1. The number of ether oxygens (including phenoxy) is 1. The summed E-state index contributed by atoms with van der Waals surface area (Å²) >= 11 is 0. The molecule has 0 bridgehead atoms. The predicted octanol–water partition coefficient (Wildman–Crippen LogP) is 3.05. The van der Waals surface area contributed by atoms with Crippen LogP contribution in [0.5, 0.6) is 5.75 Å². The SMILES string of the molecule is Cc1cc(/C(N)=N/O)ccc1OC1CCC(C)CC1. The summed E-state index contributed by atoms with van der Waals surface area (Å²) in [5.41, 5.74) is 7.30. The van der Waals surface area contributed by atoms with Gasteiger partial charge < -0.3 is 15.7 Å². The van der Waals surface area contributed by atoms with Crippen molar-refractivity contribution >= 4 is 5.84 Å². The van der Waals surface area contributed by atoms with E-state index in [-0.39, 0.29) is 5.84 Å². The molecule has 0 atom stereocenters. The standard InChI is InChI=1S/C15H22N2O2/c1-10-3-6-13(7-4-10)19-14-8-5-12(9-11(14)2)15(16)17-18/h5,8-10,13,18H,3-4,6-7H2,1-2H3,(H2,16,17). The summed E-state index contributed by atoms with van der Waals surface area (Å²) in [7, 11) is 0. The van der Waals surface area contributed by atoms with Crippen LogP contribution in [-0.4, -0.2) is 17.1 Å². The van der Waals surface area contributed by atoms with Gasteiger partial charge in [-0.25, -0.2) is 0 Å². The zero-order valence-corrected chi connectivity index (χ0v) is 11.6. The fourth-order valence-electron chi connectivity index (χ4n) is 2.53. The van der Waals surface area contributed by atoms with Crippen molar-refractivity contribution in [2.24, 2.45) is 16.8 Å². The van der Waals surface area contributed by atoms with Crippen molar-refractivity contribution in [1.82, 2.24) is 0 Å². The molecule has 1 aromatic carbocycles. The molecule has 1 saturated carbocycles. The molecule has 1 aliphatic rings. The molecule has 0 spiro atoms. The molecule has 1 aliphatic carbocycles. The lowest BCUT2D eigenvalue weighted by atomic mass is 9.89. The Hall–Kier alpha value is -1.71. The molecule has 0 radical (unpaired) electrons. The van der Waals surface area contributed by atoms with Crippen molar-refractivity contribution in [3.63, 3.8) is 0 Å². The highest BCUT2D eigenvalue weighted by Gasteiger charge is 2.20. The lowest BCUT2D eigenvalue weighted by Crippen LogP contribution is -2.23. The minimum absolute atomic E-state index is 0.126. The van der Waals surface area contributed by atoms with Gasteiger partial charge in [-0.05, 0) is 62.3 Å². The Morgan fingerprint density at radius 3 is 2.58 bits per heavy atom. The smallest absolute Gasteiger partial charge is 0.170 e. The maximum Gasteiger partial charge on any atom is 0.170 e. The zero-order chi connectivity index (χ0) is 13.8. The van der Waals surface area contributed by atoms with Crippen molar-refractivity contribution in [1.29, 1.82) is 0 Å². The molecule has 1 fully saturated rings. The molecule has 0 aliphatic heterocycles. The number of hydrogen-bond acceptors (Lipinski definition) is 3. The number of nitrogens with zero attached hydrogens (tertiary/aromatic N) is 1. The Morgan fingerprint density at radius 2 is 2.00 bits per heavy atom. The second-order valence-electron chi connectivity index (χ2n) is 5.47. The van der Waals surface area contributed by atoms with Gasteiger partial charge >= 0.3 is 0 Å². The quantitative estimate of drug-likeness (QED) is 0.381. The number of oxime groups is 1. The average molecular weight is 262 g/mol. The molecule has 4 heteroatoms. The van der Waals surface area contributed by atoms with E-state index in [9.17, 15) is 0 Å². The van der Waals surface area contributed by atoms with Crippen LogP contribution in [0.15, 0.2) is 23.4 Å². The fourth-order valence-corrected chi connectivity index (χ4v) is 2.53. The van der Waals surface area contributed by atoms with Crippen LogP contribution in [0.4, 0.5) is 0 Å². The van der Waals surface area contributed by atoms with Crippen LogP contribution in [0, 0.1) is 12.8 Å². The van der Waals surface area contributed by atoms with Crippen molar-refractivity contribution in [2.75, 3.05) is 0 Å². The molecule has 4 nitrogen and oxygen atoms in total. The van der Waals surface area contributed by atoms with E-state index in [4.69, 9.17) is 15.7 Å². The Bertz CT molecular complexity index is 463. The van der Waals surface area contributed by atoms with E-state index in [2.05, 4.69) is 12.1 Å². The first kappa shape index (κ1) is 13.7. The molecule has 0 aromatic heterocycles. The molecule has 0 heterocycles. The van der Waals surface area contributed by atoms with Gasteiger partial charge in [0.25, 0.3) is 0 Å². The summed E-state index contributed by atoms with van der Waals surface area (Å²) in [6, 6.07) is 5.61. The topological polar surface area (TPSA) is 67.8 Å². The minimum Gasteiger partial charge on any atom is -0.490 e. The Morgan fingerprint density at radius 1 is 1.32 bits per heavy atom. The third kappa shape index (κ3) is 3.40. The van der Waals surface area contributed by atoms with E-state index < -0.39 is 0 Å². The first-order chi connectivity index (χ1) is 9.10. The van der Waals surface area contributed by atoms with Crippen LogP contribution in [0.1, 0.15) is 43.7 Å². The van der Waals surface area contributed by atoms with E-state index in [1.165, 1.54) is 12.8 Å². The maximum absolute atomic E-state index is 8.67. The monoisotopic (exact) mass is 262 g/mol. The summed E-state index contributed by atoms with van der Waals surface area (Å²) in [6.07, 6.45) is 5.06. The summed E-state index contributed by atoms with van der Waals surface area (Å²) in [5, 5.41) is 11.7. The van der Waals surface area contributed by atoms with Gasteiger partial charge in [0.05, 0.1) is 6.10 Å². The number of amidine groups is 1. The highest BCUT2D eigenvalue weighted by Crippen LogP contribution is 2.28. The summed E-state index contributed by atoms with van der Waals surface area (Å²) in [4.78, 5) is 0. The van der Waals surface area contributed by atoms with Gasteiger partial charge in [0.1, 0.15) is 5.75 Å². The highest BCUT2D eigenvalue weighted by atomic mass is 16.5. The molecule has 104 valence electrons. The lowest BCUT2D eigenvalue weighted by molar-refractivity contribution is 0.134. The summed E-state index contributed by atoms with van der Waals surface area (Å²) < 4.78 is 6.06. The molecule has 19 heavy (non-hydrogen) atoms. The van der Waals surface area contributed by atoms with E-state index >= 15 is 0 Å². The van der Waals surface area contributed by atoms with E-state index in [1.807, 2.05) is 25.1 Å². The first-order valence-electron chi connectivity index (χ1n) is 6.85. The third-order valence-corrected chi connectivity index (χ3v) is 3.83. The highest BCUT2D eigenvalue weighted by molar-refractivity contribution is 5.97. The molecule has 0 unspecified atom stereocenters. The first-order valence-corrected chi connectivity index (χ1v) is 6.85. The van der Waals surface area contributed by atoms with Gasteiger partial charge in [-0.15, -0.1) is 0 Å². The van der Waals surface area contributed by atoms with Crippen LogP contribution >= 0.6 is 0 Å². The van der Waals surface area contributed by atoms with Crippen molar-refractivity contribution in [3.8, 4) is 5.75 Å². The zero-order valence-electron chi connectivity index (χ0n) is 11.6. The van der Waals surface area contributed by atoms with Crippen LogP contribution in [0.2, 0.25) is 0 Å². The van der Waals surface area contributed by atoms with Crippen LogP contribution in [-0.2, 0) is 0 Å². The van der Waals surface area contributed by atoms with Crippen molar-refractivity contribution < 1.29 is 9.94 Å². The van der Waals surface area contributed by atoms with Gasteiger partial charge in [-0.2, -0.15) is 0 Å². The van der Waals surface area contributed by atoms with E-state index in [0.29, 0.717) is 11.7 Å². The molecule has 0 amide bonds. The van der Waals surface area contributed by atoms with Crippen molar-refractivity contribution in [3.05, 3.63) is 29.3 Å². The number of rotatable bonds is 3. The van der Waals surface area contributed by atoms with E-state index in [1.54, 1.807) is 0 Å². The van der Waals surface area contributed by atoms with Gasteiger partial charge in [-0.3, -0.25) is 0 Å². The predicted molar refractivity (Wildman–Crippen MR) is 75.7 cm³/mol. The average Bonchev–Trinajstić information content (AvgIpc) is 2.42. The van der Waals surface area contributed by atoms with Crippen LogP contribution in [0.3, 0.4) is 0 Å². The number of aryl methyl sites for hydroxylation is 1. The largest absolute Gasteiger partial charge is 0.490 e. The lowest BCUT2D eigenvalue weighted by Gasteiger charge is -2.27. The van der Waals surface area contributed by atoms with Gasteiger partial charge in [0.2, 0.25) is 0 Å². The second kappa shape index (κ2) is 5.95. The molecule has 2 rings (SSSR count). The molecule has 0 saturated heterocycles. The summed E-state index contributed by atoms with van der Waals surface area (Å²) in [6.45, 7) is 4.28. The number of hydrogen-bond donors (Lipinski definition) is 2. The third-order valence-electron chi connectivity index (χ3n) is 3.83. The van der Waals surface area contributed by atoms with Gasteiger partial charge in [0.15, 0.2) is 5.84 Å². The molecule has 1 aromatic rings. The fraction of sp³-hybridized carbons (Fsp3) is 0.533. The van der Waals surface area contributed by atoms with Gasteiger partial charge in [-0.1, -0.05) is 12.1 Å². The summed E-state index contributed by atoms with van der Waals surface area (Å²) in [5.74, 6) is 1.85. The second-order valence-corrected chi connectivity index (χ2v) is 5.47. The van der Waals surface area contributed by atoms with E-state index in [0.717, 1.165) is 30.1 Å². The van der Waals surface area contributed by atoms with Crippen molar-refractivity contribution in [2.45, 2.75) is 45.6 Å². The van der Waals surface area contributed by atoms with Crippen LogP contribution < -0.4 is 10.5 Å². The van der Waals surface area contributed by atoms with Gasteiger partial charge in [0, 0.05) is 5.56 Å². The molecular formula is C15H22N2O2. The molecular weight excluding hydrogens is 240 g/mol. The van der Waals surface area contributed by atoms with Crippen LogP contribution in [0.25, 0.3) is 0 Å². The number of benzene rings is 1. The normalized spacial score (nSPS) is 24.2. The molecule has 3 N–H and O–H groups in total. The Labute approximate surface area is 114 Å². The Balaban J connectivity index is 2.05. The Kier molecular flexibility index (Phi) is 4.30. The minimum atomic E-state index is 0.126.